The molecule has 0 rings (SSSR count). The molecule has 0 aromatic carbocycles. The topological polar surface area (TPSA) is 77.1 Å². The van der Waals surface area contributed by atoms with Gasteiger partial charge in [0, 0.05) is 13.7 Å². The van der Waals surface area contributed by atoms with Crippen molar-refractivity contribution >= 4 is 7.82 Å². The molecule has 0 saturated heterocycles. The van der Waals surface area contributed by atoms with Crippen LogP contribution < -0.4 is 4.89 Å². The van der Waals surface area contributed by atoms with Crippen molar-refractivity contribution in [3.8, 4) is 0 Å². The summed E-state index contributed by atoms with van der Waals surface area (Å²) in [6, 6.07) is 0. The number of phosphoric acid groups is 1. The Labute approximate surface area is 179 Å². The lowest BCUT2D eigenvalue weighted by Gasteiger charge is -2.28. The number of rotatable bonds is 21. The maximum absolute atomic E-state index is 11.8. The normalized spacial score (nSPS) is 15.4. The average molecular weight is 440 g/mol. The quantitative estimate of drug-likeness (QED) is 0.152. The molecule has 0 radical (unpaired) electrons. The van der Waals surface area contributed by atoms with Crippen molar-refractivity contribution in [3.63, 3.8) is 0 Å². The van der Waals surface area contributed by atoms with Crippen LogP contribution in [0.15, 0.2) is 0 Å². The van der Waals surface area contributed by atoms with Crippen LogP contribution in [0, 0.1) is 0 Å². The summed E-state index contributed by atoms with van der Waals surface area (Å²) in [4.78, 5) is 11.8. The maximum Gasteiger partial charge on any atom is 0.268 e. The zero-order valence-electron chi connectivity index (χ0n) is 19.5. The van der Waals surface area contributed by atoms with Gasteiger partial charge in [0.2, 0.25) is 0 Å². The largest absolute Gasteiger partial charge is 0.756 e. The molecule has 0 saturated carbocycles. The fourth-order valence-corrected chi connectivity index (χ4v) is 3.46. The van der Waals surface area contributed by atoms with Crippen molar-refractivity contribution in [2.24, 2.45) is 0 Å². The van der Waals surface area contributed by atoms with Gasteiger partial charge in [0.05, 0.1) is 34.4 Å². The van der Waals surface area contributed by atoms with E-state index >= 15 is 0 Å². The Balaban J connectivity index is 3.65. The molecule has 0 bridgehead atoms. The molecule has 0 amide bonds. The minimum atomic E-state index is -4.31. The SMILES string of the molecule is CCCCCCCCCCCCOC[C@H](COP(=O)([O-])OCC[N+](C)(C)C)OC. The first-order valence-electron chi connectivity index (χ1n) is 11.2. The lowest BCUT2D eigenvalue weighted by Crippen LogP contribution is -2.37. The van der Waals surface area contributed by atoms with Gasteiger partial charge in [0.15, 0.2) is 0 Å². The molecule has 0 aliphatic heterocycles. The number of quaternary nitrogens is 1. The van der Waals surface area contributed by atoms with E-state index in [-0.39, 0.29) is 13.2 Å². The molecule has 0 aromatic heterocycles. The van der Waals surface area contributed by atoms with Gasteiger partial charge in [-0.25, -0.2) is 0 Å². The predicted octanol–water partition coefficient (Wildman–Crippen LogP) is 4.15. The molecule has 0 aliphatic rings. The second kappa shape index (κ2) is 17.6. The first-order valence-corrected chi connectivity index (χ1v) is 12.7. The number of nitrogens with zero attached hydrogens (tertiary/aromatic N) is 1. The highest BCUT2D eigenvalue weighted by Gasteiger charge is 2.16. The van der Waals surface area contributed by atoms with E-state index in [1.165, 1.54) is 64.9 Å². The number of likely N-dealkylation sites (N-methyl/N-ethyl adjacent to an activating group) is 1. The third-order valence-electron chi connectivity index (χ3n) is 4.71. The summed E-state index contributed by atoms with van der Waals surface area (Å²) in [6.45, 7) is 3.79. The Hall–Kier alpha value is -0.0100. The Morgan fingerprint density at radius 3 is 1.90 bits per heavy atom. The molecule has 8 heteroatoms. The lowest BCUT2D eigenvalue weighted by atomic mass is 10.1. The number of methoxy groups -OCH3 is 1. The highest BCUT2D eigenvalue weighted by atomic mass is 31.2. The van der Waals surface area contributed by atoms with Crippen molar-refractivity contribution in [3.05, 3.63) is 0 Å². The van der Waals surface area contributed by atoms with Gasteiger partial charge >= 0.3 is 0 Å². The molecule has 0 heterocycles. The number of ether oxygens (including phenoxy) is 2. The third kappa shape index (κ3) is 21.0. The number of phosphoric ester groups is 1. The van der Waals surface area contributed by atoms with Crippen molar-refractivity contribution < 1.29 is 32.5 Å². The number of hydrogen-bond donors (Lipinski definition) is 0. The summed E-state index contributed by atoms with van der Waals surface area (Å²) in [5, 5.41) is 0. The number of unbranched alkanes of at least 4 members (excludes halogenated alkanes) is 9. The summed E-state index contributed by atoms with van der Waals surface area (Å²) in [6.07, 6.45) is 12.4. The standard InChI is InChI=1S/C21H46NO6P/c1-6-7-8-9-10-11-12-13-14-15-17-26-19-21(25-5)20-28-29(23,24)27-18-16-22(2,3)4/h21H,6-20H2,1-5H3/t21-/m1/s1. The predicted molar refractivity (Wildman–Crippen MR) is 116 cm³/mol. The molecule has 0 spiro atoms. The van der Waals surface area contributed by atoms with Crippen LogP contribution >= 0.6 is 7.82 Å². The van der Waals surface area contributed by atoms with Crippen molar-refractivity contribution in [1.82, 2.24) is 0 Å². The van der Waals surface area contributed by atoms with E-state index in [4.69, 9.17) is 18.5 Å². The fourth-order valence-electron chi connectivity index (χ4n) is 2.73. The van der Waals surface area contributed by atoms with E-state index in [2.05, 4.69) is 6.92 Å². The molecule has 0 aromatic rings. The maximum atomic E-state index is 11.8. The van der Waals surface area contributed by atoms with Crippen molar-refractivity contribution in [2.75, 3.05) is 61.2 Å². The van der Waals surface area contributed by atoms with Gasteiger partial charge in [-0.1, -0.05) is 64.7 Å². The Morgan fingerprint density at radius 2 is 1.38 bits per heavy atom. The van der Waals surface area contributed by atoms with Gasteiger partial charge < -0.3 is 27.9 Å². The van der Waals surface area contributed by atoms with Crippen LogP contribution in [0.2, 0.25) is 0 Å². The Morgan fingerprint density at radius 1 is 0.828 bits per heavy atom. The summed E-state index contributed by atoms with van der Waals surface area (Å²) in [5.74, 6) is 0. The van der Waals surface area contributed by atoms with Crippen LogP contribution in [-0.2, 0) is 23.1 Å². The summed E-state index contributed by atoms with van der Waals surface area (Å²) < 4.78 is 33.1. The minimum absolute atomic E-state index is 0.0944. The molecular weight excluding hydrogens is 393 g/mol. The lowest BCUT2D eigenvalue weighted by molar-refractivity contribution is -0.870. The molecule has 29 heavy (non-hydrogen) atoms. The number of hydrogen-bond acceptors (Lipinski definition) is 6. The van der Waals surface area contributed by atoms with E-state index in [0.717, 1.165) is 6.42 Å². The van der Waals surface area contributed by atoms with E-state index in [0.29, 0.717) is 24.2 Å². The van der Waals surface area contributed by atoms with Crippen LogP contribution in [0.4, 0.5) is 0 Å². The van der Waals surface area contributed by atoms with Crippen molar-refractivity contribution in [2.45, 2.75) is 77.2 Å². The van der Waals surface area contributed by atoms with E-state index in [9.17, 15) is 9.46 Å². The van der Waals surface area contributed by atoms with E-state index in [1.54, 1.807) is 0 Å². The van der Waals surface area contributed by atoms with E-state index in [1.807, 2.05) is 21.1 Å². The second-order valence-electron chi connectivity index (χ2n) is 8.70. The monoisotopic (exact) mass is 439 g/mol. The molecule has 2 atom stereocenters. The molecule has 176 valence electrons. The third-order valence-corrected chi connectivity index (χ3v) is 5.67. The second-order valence-corrected chi connectivity index (χ2v) is 10.1. The summed E-state index contributed by atoms with van der Waals surface area (Å²) in [5.41, 5.74) is 0. The molecule has 0 aliphatic carbocycles. The van der Waals surface area contributed by atoms with Gasteiger partial charge in [-0.3, -0.25) is 4.57 Å². The highest BCUT2D eigenvalue weighted by Crippen LogP contribution is 2.38. The van der Waals surface area contributed by atoms with Gasteiger partial charge in [0.25, 0.3) is 7.82 Å². The van der Waals surface area contributed by atoms with Crippen LogP contribution in [-0.4, -0.2) is 71.8 Å². The zero-order valence-corrected chi connectivity index (χ0v) is 20.4. The highest BCUT2D eigenvalue weighted by molar-refractivity contribution is 7.45. The first kappa shape index (κ1) is 29.0. The van der Waals surface area contributed by atoms with Crippen LogP contribution in [0.5, 0.6) is 0 Å². The average Bonchev–Trinajstić information content (AvgIpc) is 2.63. The summed E-state index contributed by atoms with van der Waals surface area (Å²) in [7, 11) is 3.10. The summed E-state index contributed by atoms with van der Waals surface area (Å²) >= 11 is 0. The zero-order chi connectivity index (χ0) is 22.0. The Bertz CT molecular complexity index is 416. The molecule has 0 N–H and O–H groups in total. The fraction of sp³-hybridized carbons (Fsp3) is 1.00. The van der Waals surface area contributed by atoms with Gasteiger partial charge in [-0.05, 0) is 6.42 Å². The van der Waals surface area contributed by atoms with Gasteiger partial charge in [-0.2, -0.15) is 0 Å². The van der Waals surface area contributed by atoms with E-state index < -0.39 is 13.9 Å². The van der Waals surface area contributed by atoms with Crippen LogP contribution in [0.25, 0.3) is 0 Å². The minimum Gasteiger partial charge on any atom is -0.756 e. The Kier molecular flexibility index (Phi) is 17.6. The van der Waals surface area contributed by atoms with Crippen molar-refractivity contribution in [1.29, 1.82) is 0 Å². The smallest absolute Gasteiger partial charge is 0.268 e. The van der Waals surface area contributed by atoms with Crippen LogP contribution in [0.3, 0.4) is 0 Å². The van der Waals surface area contributed by atoms with Gasteiger partial charge in [0.1, 0.15) is 19.3 Å². The molecule has 1 unspecified atom stereocenters. The van der Waals surface area contributed by atoms with Crippen LogP contribution in [0.1, 0.15) is 71.1 Å². The molecule has 7 nitrogen and oxygen atoms in total. The van der Waals surface area contributed by atoms with Gasteiger partial charge in [-0.15, -0.1) is 0 Å². The molecular formula is C21H46NO6P. The molecule has 0 fully saturated rings. The first-order chi connectivity index (χ1) is 13.7.